The highest BCUT2D eigenvalue weighted by Gasteiger charge is 2.32. The normalized spacial score (nSPS) is 22.3. The molecule has 0 aromatic heterocycles. The third-order valence-corrected chi connectivity index (χ3v) is 4.37. The molecule has 1 N–H and O–H groups in total. The molecule has 1 heterocycles. The molecule has 2 nitrogen and oxygen atoms in total. The van der Waals surface area contributed by atoms with Gasteiger partial charge in [0, 0.05) is 12.6 Å². The summed E-state index contributed by atoms with van der Waals surface area (Å²) in [6, 6.07) is 0.726. The Bertz CT molecular complexity index is 180. The summed E-state index contributed by atoms with van der Waals surface area (Å²) in [6.07, 6.45) is 6.71. The molecule has 1 aliphatic heterocycles. The van der Waals surface area contributed by atoms with E-state index >= 15 is 0 Å². The lowest BCUT2D eigenvalue weighted by molar-refractivity contribution is 0.0944. The van der Waals surface area contributed by atoms with Crippen molar-refractivity contribution >= 4 is 0 Å². The molecule has 96 valence electrons. The Morgan fingerprint density at radius 3 is 2.38 bits per heavy atom. The van der Waals surface area contributed by atoms with Gasteiger partial charge in [0.15, 0.2) is 0 Å². The zero-order chi connectivity index (χ0) is 12.0. The van der Waals surface area contributed by atoms with Crippen molar-refractivity contribution in [1.82, 2.24) is 10.2 Å². The Kier molecular flexibility index (Phi) is 5.77. The number of piperidine rings is 1. The molecule has 0 radical (unpaired) electrons. The van der Waals surface area contributed by atoms with Crippen LogP contribution in [-0.4, -0.2) is 37.6 Å². The van der Waals surface area contributed by atoms with E-state index in [-0.39, 0.29) is 0 Å². The fraction of sp³-hybridized carbons (Fsp3) is 1.00. The van der Waals surface area contributed by atoms with Crippen LogP contribution < -0.4 is 5.32 Å². The highest BCUT2D eigenvalue weighted by Crippen LogP contribution is 2.35. The van der Waals surface area contributed by atoms with E-state index in [0.717, 1.165) is 6.04 Å². The SMILES string of the molecule is CCCC1(CN(C)C(C)CC)CCNCC1. The predicted octanol–water partition coefficient (Wildman–Crippen LogP) is 2.89. The largest absolute Gasteiger partial charge is 0.317 e. The molecule has 0 aromatic carbocycles. The maximum Gasteiger partial charge on any atom is 0.00614 e. The summed E-state index contributed by atoms with van der Waals surface area (Å²) < 4.78 is 0. The van der Waals surface area contributed by atoms with E-state index in [1.54, 1.807) is 0 Å². The quantitative estimate of drug-likeness (QED) is 0.749. The summed E-state index contributed by atoms with van der Waals surface area (Å²) >= 11 is 0. The van der Waals surface area contributed by atoms with Gasteiger partial charge in [0.05, 0.1) is 0 Å². The van der Waals surface area contributed by atoms with Crippen LogP contribution in [0.4, 0.5) is 0 Å². The average Bonchev–Trinajstić information content (AvgIpc) is 2.29. The number of nitrogens with one attached hydrogen (secondary N) is 1. The minimum absolute atomic E-state index is 0.595. The molecule has 0 saturated carbocycles. The maximum atomic E-state index is 3.50. The smallest absolute Gasteiger partial charge is 0.00614 e. The van der Waals surface area contributed by atoms with Gasteiger partial charge in [0.25, 0.3) is 0 Å². The first-order valence-corrected chi connectivity index (χ1v) is 7.04. The van der Waals surface area contributed by atoms with Gasteiger partial charge < -0.3 is 10.2 Å². The maximum absolute atomic E-state index is 3.50. The van der Waals surface area contributed by atoms with Crippen LogP contribution in [0.15, 0.2) is 0 Å². The summed E-state index contributed by atoms with van der Waals surface area (Å²) in [5, 5.41) is 3.50. The van der Waals surface area contributed by atoms with Crippen molar-refractivity contribution in [2.45, 2.75) is 58.9 Å². The average molecular weight is 226 g/mol. The molecule has 1 fully saturated rings. The molecule has 1 unspecified atom stereocenters. The molecule has 0 aromatic rings. The summed E-state index contributed by atoms with van der Waals surface area (Å²) in [5.74, 6) is 0. The highest BCUT2D eigenvalue weighted by molar-refractivity contribution is 4.87. The van der Waals surface area contributed by atoms with Gasteiger partial charge in [-0.25, -0.2) is 0 Å². The molecule has 16 heavy (non-hydrogen) atoms. The molecular weight excluding hydrogens is 196 g/mol. The lowest BCUT2D eigenvalue weighted by atomic mass is 9.75. The van der Waals surface area contributed by atoms with Gasteiger partial charge in [-0.2, -0.15) is 0 Å². The first-order valence-electron chi connectivity index (χ1n) is 7.04. The van der Waals surface area contributed by atoms with Crippen molar-refractivity contribution in [2.75, 3.05) is 26.7 Å². The van der Waals surface area contributed by atoms with E-state index in [4.69, 9.17) is 0 Å². The van der Waals surface area contributed by atoms with Crippen molar-refractivity contribution in [1.29, 1.82) is 0 Å². The van der Waals surface area contributed by atoms with Crippen LogP contribution in [0.25, 0.3) is 0 Å². The van der Waals surface area contributed by atoms with Gasteiger partial charge in [-0.15, -0.1) is 0 Å². The Hall–Kier alpha value is -0.0800. The zero-order valence-corrected chi connectivity index (χ0v) is 11.7. The Morgan fingerprint density at radius 1 is 1.25 bits per heavy atom. The lowest BCUT2D eigenvalue weighted by Crippen LogP contribution is -2.45. The summed E-state index contributed by atoms with van der Waals surface area (Å²) in [7, 11) is 2.30. The van der Waals surface area contributed by atoms with Crippen LogP contribution in [0.2, 0.25) is 0 Å². The molecule has 1 rings (SSSR count). The van der Waals surface area contributed by atoms with Crippen molar-refractivity contribution < 1.29 is 0 Å². The molecule has 0 bridgehead atoms. The number of hydrogen-bond donors (Lipinski definition) is 1. The van der Waals surface area contributed by atoms with Gasteiger partial charge in [-0.05, 0) is 58.2 Å². The van der Waals surface area contributed by atoms with Gasteiger partial charge >= 0.3 is 0 Å². The molecule has 0 spiro atoms. The minimum atomic E-state index is 0.595. The van der Waals surface area contributed by atoms with E-state index in [0.29, 0.717) is 5.41 Å². The van der Waals surface area contributed by atoms with E-state index in [1.807, 2.05) is 0 Å². The van der Waals surface area contributed by atoms with Crippen LogP contribution >= 0.6 is 0 Å². The molecule has 0 amide bonds. The number of nitrogens with zero attached hydrogens (tertiary/aromatic N) is 1. The van der Waals surface area contributed by atoms with Crippen molar-refractivity contribution in [2.24, 2.45) is 5.41 Å². The Balaban J connectivity index is 2.55. The topological polar surface area (TPSA) is 15.3 Å². The number of hydrogen-bond acceptors (Lipinski definition) is 2. The molecule has 2 heteroatoms. The monoisotopic (exact) mass is 226 g/mol. The summed E-state index contributed by atoms with van der Waals surface area (Å²) in [5.41, 5.74) is 0.595. The lowest BCUT2D eigenvalue weighted by Gasteiger charge is -2.42. The third-order valence-electron chi connectivity index (χ3n) is 4.37. The first-order chi connectivity index (χ1) is 7.63. The highest BCUT2D eigenvalue weighted by atomic mass is 15.1. The first kappa shape index (κ1) is 14.0. The summed E-state index contributed by atoms with van der Waals surface area (Å²) in [6.45, 7) is 10.7. The molecule has 1 aliphatic rings. The summed E-state index contributed by atoms with van der Waals surface area (Å²) in [4.78, 5) is 2.57. The second-order valence-corrected chi connectivity index (χ2v) is 5.67. The fourth-order valence-electron chi connectivity index (χ4n) is 2.97. The molecule has 1 atom stereocenters. The number of rotatable bonds is 6. The van der Waals surface area contributed by atoms with E-state index in [1.165, 1.54) is 51.7 Å². The van der Waals surface area contributed by atoms with Crippen molar-refractivity contribution in [3.63, 3.8) is 0 Å². The third kappa shape index (κ3) is 3.74. The zero-order valence-electron chi connectivity index (χ0n) is 11.7. The molecule has 1 saturated heterocycles. The second kappa shape index (κ2) is 6.61. The van der Waals surface area contributed by atoms with Crippen molar-refractivity contribution in [3.05, 3.63) is 0 Å². The molecule has 0 aliphatic carbocycles. The Morgan fingerprint density at radius 2 is 1.88 bits per heavy atom. The van der Waals surface area contributed by atoms with E-state index in [9.17, 15) is 0 Å². The van der Waals surface area contributed by atoms with Crippen LogP contribution in [-0.2, 0) is 0 Å². The minimum Gasteiger partial charge on any atom is -0.317 e. The van der Waals surface area contributed by atoms with Gasteiger partial charge in [0.2, 0.25) is 0 Å². The fourth-order valence-corrected chi connectivity index (χ4v) is 2.97. The van der Waals surface area contributed by atoms with E-state index < -0.39 is 0 Å². The van der Waals surface area contributed by atoms with Crippen LogP contribution in [0.5, 0.6) is 0 Å². The Labute approximate surface area is 102 Å². The second-order valence-electron chi connectivity index (χ2n) is 5.67. The van der Waals surface area contributed by atoms with Gasteiger partial charge in [-0.1, -0.05) is 20.3 Å². The van der Waals surface area contributed by atoms with Gasteiger partial charge in [0.1, 0.15) is 0 Å². The van der Waals surface area contributed by atoms with Gasteiger partial charge in [-0.3, -0.25) is 0 Å². The van der Waals surface area contributed by atoms with Crippen molar-refractivity contribution in [3.8, 4) is 0 Å². The standard InChI is InChI=1S/C14H30N2/c1-5-7-14(8-10-15-11-9-14)12-16(4)13(3)6-2/h13,15H,5-12H2,1-4H3. The predicted molar refractivity (Wildman–Crippen MR) is 71.8 cm³/mol. The van der Waals surface area contributed by atoms with Crippen LogP contribution in [0.1, 0.15) is 52.9 Å². The van der Waals surface area contributed by atoms with E-state index in [2.05, 4.69) is 38.0 Å². The molecular formula is C14H30N2. The van der Waals surface area contributed by atoms with Crippen LogP contribution in [0.3, 0.4) is 0 Å². The van der Waals surface area contributed by atoms with Crippen LogP contribution in [0, 0.1) is 5.41 Å².